The molecule has 0 saturated carbocycles. The molecule has 1 atom stereocenters. The van der Waals surface area contributed by atoms with Crippen molar-refractivity contribution in [1.29, 1.82) is 0 Å². The van der Waals surface area contributed by atoms with Crippen molar-refractivity contribution in [3.05, 3.63) is 11.4 Å². The van der Waals surface area contributed by atoms with Crippen LogP contribution >= 0.6 is 0 Å². The lowest BCUT2D eigenvalue weighted by molar-refractivity contribution is -0.121. The number of hydrogen-bond acceptors (Lipinski definition) is 5. The normalized spacial score (nSPS) is 12.5. The van der Waals surface area contributed by atoms with Gasteiger partial charge in [-0.2, -0.15) is 0 Å². The Morgan fingerprint density at radius 2 is 2.00 bits per heavy atom. The summed E-state index contributed by atoms with van der Waals surface area (Å²) in [5.74, 6) is -1.25. The molecule has 7 heteroatoms. The molecule has 106 valence electrons. The molecule has 0 aromatic carbocycles. The van der Waals surface area contributed by atoms with Crippen LogP contribution in [0.1, 0.15) is 49.8 Å². The Bertz CT molecular complexity index is 468. The summed E-state index contributed by atoms with van der Waals surface area (Å²) in [5, 5.41) is 7.78. The summed E-state index contributed by atoms with van der Waals surface area (Å²) >= 11 is 0. The smallest absolute Gasteiger partial charge is 0.360 e. The quantitative estimate of drug-likeness (QED) is 0.765. The second-order valence-electron chi connectivity index (χ2n) is 4.68. The van der Waals surface area contributed by atoms with E-state index in [1.165, 1.54) is 0 Å². The van der Waals surface area contributed by atoms with Gasteiger partial charge in [0, 0.05) is 0 Å². The third-order valence-electron chi connectivity index (χ3n) is 2.72. The molecule has 0 spiro atoms. The first kappa shape index (κ1) is 15.1. The molecule has 7 nitrogen and oxygen atoms in total. The van der Waals surface area contributed by atoms with Crippen LogP contribution in [0.2, 0.25) is 0 Å². The number of nitrogens with two attached hydrogens (primary N) is 1. The molecule has 1 unspecified atom stereocenters. The summed E-state index contributed by atoms with van der Waals surface area (Å²) < 4.78 is 6.49. The second-order valence-corrected chi connectivity index (χ2v) is 4.68. The van der Waals surface area contributed by atoms with E-state index in [9.17, 15) is 9.59 Å². The van der Waals surface area contributed by atoms with Crippen LogP contribution in [-0.2, 0) is 16.1 Å². The van der Waals surface area contributed by atoms with E-state index in [4.69, 9.17) is 10.5 Å². The number of ether oxygens (including phenoxy) is 1. The highest BCUT2D eigenvalue weighted by molar-refractivity contribution is 5.88. The van der Waals surface area contributed by atoms with E-state index in [1.54, 1.807) is 18.5 Å². The number of carbonyl (C=O) groups excluding carboxylic acids is 2. The lowest BCUT2D eigenvalue weighted by atomic mass is 10.1. The average Bonchev–Trinajstić information content (AvgIpc) is 2.72. The molecule has 0 aliphatic rings. The summed E-state index contributed by atoms with van der Waals surface area (Å²) in [6, 6.07) is 0. The fourth-order valence-corrected chi connectivity index (χ4v) is 1.72. The molecule has 0 radical (unpaired) electrons. The monoisotopic (exact) mass is 268 g/mol. The van der Waals surface area contributed by atoms with Crippen LogP contribution in [0.3, 0.4) is 0 Å². The molecule has 0 bridgehead atoms. The van der Waals surface area contributed by atoms with Crippen molar-refractivity contribution in [2.75, 3.05) is 6.61 Å². The number of carbonyl (C=O) groups is 2. The fourth-order valence-electron chi connectivity index (χ4n) is 1.72. The van der Waals surface area contributed by atoms with Crippen molar-refractivity contribution in [3.8, 4) is 0 Å². The number of esters is 1. The summed E-state index contributed by atoms with van der Waals surface area (Å²) in [5.41, 5.74) is 6.09. The Balaban J connectivity index is 3.06. The minimum absolute atomic E-state index is 0.0366. The Morgan fingerprint density at radius 1 is 1.37 bits per heavy atom. The molecular formula is C12H20N4O3. The number of hydrogen-bond donors (Lipinski definition) is 1. The highest BCUT2D eigenvalue weighted by Gasteiger charge is 2.24. The van der Waals surface area contributed by atoms with Crippen LogP contribution in [0.15, 0.2) is 0 Å². The van der Waals surface area contributed by atoms with Gasteiger partial charge in [0.2, 0.25) is 5.91 Å². The number of aromatic nitrogens is 3. The Morgan fingerprint density at radius 3 is 2.47 bits per heavy atom. The number of amides is 1. The number of rotatable bonds is 6. The van der Waals surface area contributed by atoms with Crippen molar-refractivity contribution in [3.63, 3.8) is 0 Å². The first-order valence-corrected chi connectivity index (χ1v) is 6.28. The summed E-state index contributed by atoms with van der Waals surface area (Å²) in [6.45, 7) is 7.86. The first-order chi connectivity index (χ1) is 8.88. The van der Waals surface area contributed by atoms with Gasteiger partial charge in [-0.3, -0.25) is 4.79 Å². The fraction of sp³-hybridized carbons (Fsp3) is 0.667. The lowest BCUT2D eigenvalue weighted by Gasteiger charge is -2.13. The van der Waals surface area contributed by atoms with Crippen molar-refractivity contribution in [2.45, 2.75) is 40.2 Å². The van der Waals surface area contributed by atoms with Crippen LogP contribution in [-0.4, -0.2) is 33.5 Å². The van der Waals surface area contributed by atoms with Gasteiger partial charge in [-0.25, -0.2) is 9.48 Å². The molecule has 0 saturated heterocycles. The molecule has 0 fully saturated rings. The van der Waals surface area contributed by atoms with Gasteiger partial charge in [-0.1, -0.05) is 26.0 Å². The maximum absolute atomic E-state index is 11.8. The van der Waals surface area contributed by atoms with Gasteiger partial charge in [0.05, 0.1) is 24.8 Å². The third kappa shape index (κ3) is 3.52. The van der Waals surface area contributed by atoms with Crippen LogP contribution in [0, 0.1) is 5.92 Å². The van der Waals surface area contributed by atoms with Crippen LogP contribution in [0.5, 0.6) is 0 Å². The minimum atomic E-state index is -0.496. The van der Waals surface area contributed by atoms with Gasteiger partial charge in [0.15, 0.2) is 5.69 Å². The minimum Gasteiger partial charge on any atom is -0.461 e. The predicted molar refractivity (Wildman–Crippen MR) is 68.4 cm³/mol. The first-order valence-electron chi connectivity index (χ1n) is 6.28. The van der Waals surface area contributed by atoms with Gasteiger partial charge in [-0.05, 0) is 12.8 Å². The third-order valence-corrected chi connectivity index (χ3v) is 2.72. The molecule has 1 heterocycles. The van der Waals surface area contributed by atoms with E-state index >= 15 is 0 Å². The maximum atomic E-state index is 11.8. The SMILES string of the molecule is CCOC(=O)c1nnn(CC(C)C(N)=O)c1C(C)C. The lowest BCUT2D eigenvalue weighted by Crippen LogP contribution is -2.26. The number of primary amides is 1. The number of nitrogens with zero attached hydrogens (tertiary/aromatic N) is 3. The predicted octanol–water partition coefficient (Wildman–Crippen LogP) is 0.700. The van der Waals surface area contributed by atoms with Crippen molar-refractivity contribution in [1.82, 2.24) is 15.0 Å². The van der Waals surface area contributed by atoms with Crippen LogP contribution in [0.25, 0.3) is 0 Å². The largest absolute Gasteiger partial charge is 0.461 e. The van der Waals surface area contributed by atoms with Gasteiger partial charge in [0.25, 0.3) is 0 Å². The van der Waals surface area contributed by atoms with E-state index in [-0.39, 0.29) is 24.1 Å². The van der Waals surface area contributed by atoms with Gasteiger partial charge in [-0.15, -0.1) is 5.10 Å². The summed E-state index contributed by atoms with van der Waals surface area (Å²) in [7, 11) is 0. The molecule has 0 aliphatic heterocycles. The zero-order valence-electron chi connectivity index (χ0n) is 11.7. The average molecular weight is 268 g/mol. The van der Waals surface area contributed by atoms with E-state index in [2.05, 4.69) is 10.3 Å². The molecule has 19 heavy (non-hydrogen) atoms. The van der Waals surface area contributed by atoms with Gasteiger partial charge >= 0.3 is 5.97 Å². The van der Waals surface area contributed by atoms with E-state index in [1.807, 2.05) is 13.8 Å². The van der Waals surface area contributed by atoms with Gasteiger partial charge in [0.1, 0.15) is 0 Å². The van der Waals surface area contributed by atoms with E-state index < -0.39 is 11.9 Å². The van der Waals surface area contributed by atoms with Crippen LogP contribution < -0.4 is 5.73 Å². The van der Waals surface area contributed by atoms with Crippen molar-refractivity contribution in [2.24, 2.45) is 11.7 Å². The zero-order chi connectivity index (χ0) is 14.6. The van der Waals surface area contributed by atoms with Crippen molar-refractivity contribution < 1.29 is 14.3 Å². The molecule has 1 rings (SSSR count). The molecule has 1 aromatic heterocycles. The van der Waals surface area contributed by atoms with Gasteiger partial charge < -0.3 is 10.5 Å². The summed E-state index contributed by atoms with van der Waals surface area (Å²) in [4.78, 5) is 22.9. The maximum Gasteiger partial charge on any atom is 0.360 e. The van der Waals surface area contributed by atoms with Crippen molar-refractivity contribution >= 4 is 11.9 Å². The molecule has 1 amide bonds. The standard InChI is InChI=1S/C12H20N4O3/c1-5-19-12(18)9-10(7(2)3)16(15-14-9)6-8(4)11(13)17/h7-8H,5-6H2,1-4H3,(H2,13,17). The van der Waals surface area contributed by atoms with Crippen LogP contribution in [0.4, 0.5) is 0 Å². The topological polar surface area (TPSA) is 100 Å². The Kier molecular flexibility index (Phi) is 5.02. The Labute approximate surface area is 112 Å². The second kappa shape index (κ2) is 6.31. The molecule has 2 N–H and O–H groups in total. The summed E-state index contributed by atoms with van der Waals surface area (Å²) in [6.07, 6.45) is 0. The molecule has 1 aromatic rings. The van der Waals surface area contributed by atoms with E-state index in [0.29, 0.717) is 12.2 Å². The highest BCUT2D eigenvalue weighted by Crippen LogP contribution is 2.19. The highest BCUT2D eigenvalue weighted by atomic mass is 16.5. The molecule has 0 aliphatic carbocycles. The molecular weight excluding hydrogens is 248 g/mol. The zero-order valence-corrected chi connectivity index (χ0v) is 11.7. The van der Waals surface area contributed by atoms with E-state index in [0.717, 1.165) is 0 Å². The Hall–Kier alpha value is -1.92.